The number of rotatable bonds is 9. The molecule has 0 unspecified atom stereocenters. The normalized spacial score (nSPS) is 11.1. The minimum atomic E-state index is 0.489. The lowest BCUT2D eigenvalue weighted by Gasteiger charge is -2.17. The maximum Gasteiger partial charge on any atom is 0.187 e. The first kappa shape index (κ1) is 42.2. The minimum absolute atomic E-state index is 0.489. The second-order valence-corrected chi connectivity index (χ2v) is 17.1. The molecule has 0 aliphatic carbocycles. The van der Waals surface area contributed by atoms with Crippen LogP contribution in [-0.2, 0) is 0 Å². The Balaban J connectivity index is 1.15. The van der Waals surface area contributed by atoms with Crippen molar-refractivity contribution in [1.29, 1.82) is 5.26 Å². The van der Waals surface area contributed by atoms with Gasteiger partial charge in [0.2, 0.25) is 0 Å². The fraction of sp³-hybridized carbons (Fsp3) is 0. The number of fused-ring (bicyclic) bond motifs is 3. The molecule has 8 heteroatoms. The molecule has 12 aromatic rings. The number of nitrogens with zero attached hydrogens (tertiary/aromatic N) is 8. The zero-order chi connectivity index (χ0) is 47.7. The van der Waals surface area contributed by atoms with E-state index in [2.05, 4.69) is 82.2 Å². The van der Waals surface area contributed by atoms with E-state index in [9.17, 15) is 5.26 Å². The van der Waals surface area contributed by atoms with Crippen molar-refractivity contribution in [2.24, 2.45) is 0 Å². The zero-order valence-corrected chi connectivity index (χ0v) is 38.0. The zero-order valence-electron chi connectivity index (χ0n) is 38.0. The van der Waals surface area contributed by atoms with Gasteiger partial charge < -0.3 is 4.57 Å². The van der Waals surface area contributed by atoms with Gasteiger partial charge in [0.1, 0.15) is 0 Å². The molecule has 3 aromatic heterocycles. The van der Waals surface area contributed by atoms with Gasteiger partial charge in [-0.2, -0.15) is 5.26 Å². The summed E-state index contributed by atoms with van der Waals surface area (Å²) in [6, 6.07) is 79.4. The summed E-state index contributed by atoms with van der Waals surface area (Å²) < 4.78 is 2.29. The molecule has 0 N–H and O–H groups in total. The van der Waals surface area contributed by atoms with E-state index >= 15 is 0 Å². The second kappa shape index (κ2) is 18.2. The summed E-state index contributed by atoms with van der Waals surface area (Å²) in [6.07, 6.45) is 0. The van der Waals surface area contributed by atoms with Crippen LogP contribution in [0.4, 0.5) is 5.69 Å². The first-order chi connectivity index (χ1) is 35.1. The van der Waals surface area contributed by atoms with Gasteiger partial charge in [-0.1, -0.05) is 170 Å². The number of hydrogen-bond acceptors (Lipinski definition) is 6. The molecule has 0 bridgehead atoms. The van der Waals surface area contributed by atoms with Crippen LogP contribution in [0, 0.1) is 17.9 Å². The Morgan fingerprint density at radius 2 is 0.817 bits per heavy atom. The number of hydrogen-bond donors (Lipinski definition) is 0. The Kier molecular flexibility index (Phi) is 10.8. The number of aromatic nitrogens is 6. The number of benzene rings is 9. The molecule has 0 aliphatic rings. The largest absolute Gasteiger partial charge is 0.308 e. The van der Waals surface area contributed by atoms with Crippen LogP contribution in [0.1, 0.15) is 5.56 Å². The van der Waals surface area contributed by atoms with E-state index in [1.54, 1.807) is 0 Å². The van der Waals surface area contributed by atoms with Gasteiger partial charge >= 0.3 is 0 Å². The molecule has 0 aliphatic heterocycles. The van der Waals surface area contributed by atoms with E-state index in [1.807, 2.05) is 164 Å². The van der Waals surface area contributed by atoms with Crippen molar-refractivity contribution in [3.63, 3.8) is 0 Å². The fourth-order valence-corrected chi connectivity index (χ4v) is 9.23. The van der Waals surface area contributed by atoms with Crippen molar-refractivity contribution in [2.45, 2.75) is 0 Å². The Labute approximate surface area is 410 Å². The molecule has 12 rings (SSSR count). The molecule has 0 radical (unpaired) electrons. The van der Waals surface area contributed by atoms with Crippen LogP contribution >= 0.6 is 0 Å². The molecule has 0 amide bonds. The average molecular weight is 907 g/mol. The van der Waals surface area contributed by atoms with Crippen molar-refractivity contribution < 1.29 is 0 Å². The van der Waals surface area contributed by atoms with Gasteiger partial charge in [0, 0.05) is 44.2 Å². The molecule has 3 heterocycles. The van der Waals surface area contributed by atoms with Gasteiger partial charge in [-0.25, -0.2) is 29.8 Å². The quantitative estimate of drug-likeness (QED) is 0.134. The van der Waals surface area contributed by atoms with Crippen LogP contribution in [0.15, 0.2) is 231 Å². The highest BCUT2D eigenvalue weighted by atomic mass is 15.1. The Hall–Kier alpha value is -10.2. The fourth-order valence-electron chi connectivity index (χ4n) is 9.23. The van der Waals surface area contributed by atoms with Crippen LogP contribution in [0.25, 0.3) is 123 Å². The minimum Gasteiger partial charge on any atom is -0.308 e. The summed E-state index contributed by atoms with van der Waals surface area (Å²) in [5.41, 5.74) is 14.6. The van der Waals surface area contributed by atoms with Gasteiger partial charge in [-0.3, -0.25) is 0 Å². The third-order valence-electron chi connectivity index (χ3n) is 12.7. The highest BCUT2D eigenvalue weighted by Gasteiger charge is 2.22. The van der Waals surface area contributed by atoms with E-state index in [1.165, 1.54) is 0 Å². The van der Waals surface area contributed by atoms with E-state index in [0.717, 1.165) is 94.5 Å². The first-order valence-corrected chi connectivity index (χ1v) is 23.2. The Morgan fingerprint density at radius 1 is 0.366 bits per heavy atom. The highest BCUT2D eigenvalue weighted by Crippen LogP contribution is 2.42. The van der Waals surface area contributed by atoms with Crippen molar-refractivity contribution in [3.8, 4) is 102 Å². The third-order valence-corrected chi connectivity index (χ3v) is 12.7. The van der Waals surface area contributed by atoms with Gasteiger partial charge in [0.15, 0.2) is 29.0 Å². The molecule has 0 atom stereocenters. The topological polar surface area (TPSA) is 97.5 Å². The molecule has 0 fully saturated rings. The summed E-state index contributed by atoms with van der Waals surface area (Å²) in [6.45, 7) is 7.74. The van der Waals surface area contributed by atoms with Gasteiger partial charge in [0.25, 0.3) is 0 Å². The van der Waals surface area contributed by atoms with Crippen LogP contribution < -0.4 is 0 Å². The third kappa shape index (κ3) is 8.14. The molecule has 71 heavy (non-hydrogen) atoms. The lowest BCUT2D eigenvalue weighted by atomic mass is 9.99. The summed E-state index contributed by atoms with van der Waals surface area (Å²) in [5.74, 6) is 2.19. The van der Waals surface area contributed by atoms with Crippen LogP contribution in [0.2, 0.25) is 0 Å². The summed E-state index contributed by atoms with van der Waals surface area (Å²) in [5, 5.41) is 11.9. The van der Waals surface area contributed by atoms with Crippen LogP contribution in [0.5, 0.6) is 0 Å². The smallest absolute Gasteiger partial charge is 0.187 e. The predicted octanol–water partition coefficient (Wildman–Crippen LogP) is 15.5. The van der Waals surface area contributed by atoms with Crippen molar-refractivity contribution in [1.82, 2.24) is 29.5 Å². The summed E-state index contributed by atoms with van der Waals surface area (Å²) in [7, 11) is 0. The van der Waals surface area contributed by atoms with Gasteiger partial charge in [-0.15, -0.1) is 0 Å². The van der Waals surface area contributed by atoms with Crippen molar-refractivity contribution in [3.05, 3.63) is 248 Å². The maximum atomic E-state index is 9.84. The molecule has 8 nitrogen and oxygen atoms in total. The molecule has 0 saturated carbocycles. The second-order valence-electron chi connectivity index (χ2n) is 17.1. The first-order valence-electron chi connectivity index (χ1n) is 23.2. The lowest BCUT2D eigenvalue weighted by Crippen LogP contribution is -2.04. The Morgan fingerprint density at radius 3 is 1.37 bits per heavy atom. The Bertz CT molecular complexity index is 3830. The van der Waals surface area contributed by atoms with Crippen molar-refractivity contribution in [2.75, 3.05) is 0 Å². The average Bonchev–Trinajstić information content (AvgIpc) is 3.78. The number of nitriles is 1. The standard InChI is InChI=1S/C63H38N8/c1-65-51-27-15-26-47(35-51)49-29-32-58-53(37-49)52-36-48(46-25-14-16-41(34-46)40-64)28-31-57(52)71(58)59-33-30-50(56-39-55(42-17-6-2-7-18-42)66-60(67-56)43-19-8-3-9-20-43)38-54(59)63-69-61(44-21-10-4-11-22-44)68-62(70-63)45-23-12-5-13-24-45/h2-39H. The molecular weight excluding hydrogens is 869 g/mol. The monoisotopic (exact) mass is 906 g/mol. The molecule has 0 saturated heterocycles. The molecule has 330 valence electrons. The van der Waals surface area contributed by atoms with E-state index in [0.29, 0.717) is 34.5 Å². The molecule has 0 spiro atoms. The van der Waals surface area contributed by atoms with E-state index in [4.69, 9.17) is 31.5 Å². The van der Waals surface area contributed by atoms with E-state index < -0.39 is 0 Å². The predicted molar refractivity (Wildman–Crippen MR) is 284 cm³/mol. The van der Waals surface area contributed by atoms with E-state index in [-0.39, 0.29) is 0 Å². The lowest BCUT2D eigenvalue weighted by molar-refractivity contribution is 1.06. The SMILES string of the molecule is [C-]#[N+]c1cccc(-c2ccc3c(c2)c2cc(-c4cccc(C#N)c4)ccc2n3-c2ccc(-c3cc(-c4ccccc4)nc(-c4ccccc4)n3)cc2-c2nc(-c3ccccc3)nc(-c3ccccc3)n2)c1. The van der Waals surface area contributed by atoms with Gasteiger partial charge in [0.05, 0.1) is 46.3 Å². The highest BCUT2D eigenvalue weighted by molar-refractivity contribution is 6.12. The van der Waals surface area contributed by atoms with Crippen molar-refractivity contribution >= 4 is 27.5 Å². The van der Waals surface area contributed by atoms with Crippen LogP contribution in [0.3, 0.4) is 0 Å². The maximum absolute atomic E-state index is 9.84. The summed E-state index contributed by atoms with van der Waals surface area (Å²) >= 11 is 0. The summed E-state index contributed by atoms with van der Waals surface area (Å²) in [4.78, 5) is 29.8. The van der Waals surface area contributed by atoms with Gasteiger partial charge in [-0.05, 0) is 82.9 Å². The molecular formula is C63H38N8. The molecule has 9 aromatic carbocycles. The van der Waals surface area contributed by atoms with Crippen LogP contribution in [-0.4, -0.2) is 29.5 Å².